The van der Waals surface area contributed by atoms with E-state index in [4.69, 9.17) is 11.6 Å². The van der Waals surface area contributed by atoms with Crippen molar-refractivity contribution in [2.45, 2.75) is 17.4 Å². The van der Waals surface area contributed by atoms with Crippen LogP contribution in [0, 0.1) is 0 Å². The lowest BCUT2D eigenvalue weighted by atomic mass is 10.1. The maximum absolute atomic E-state index is 11.2. The SMILES string of the molecule is CS(=O)(=O)c1ccc(C(O)CCCl)cc1. The normalized spacial score (nSPS) is 13.8. The summed E-state index contributed by atoms with van der Waals surface area (Å²) in [6.07, 6.45) is 0.980. The average Bonchev–Trinajstić information content (AvgIpc) is 2.17. The van der Waals surface area contributed by atoms with E-state index < -0.39 is 15.9 Å². The third-order valence-electron chi connectivity index (χ3n) is 2.08. The molecule has 84 valence electrons. The van der Waals surface area contributed by atoms with Crippen molar-refractivity contribution in [1.82, 2.24) is 0 Å². The fourth-order valence-electron chi connectivity index (χ4n) is 1.21. The first-order valence-electron chi connectivity index (χ1n) is 4.49. The molecule has 5 heteroatoms. The highest BCUT2D eigenvalue weighted by atomic mass is 35.5. The highest BCUT2D eigenvalue weighted by Crippen LogP contribution is 2.19. The highest BCUT2D eigenvalue weighted by Gasteiger charge is 2.09. The summed E-state index contributed by atoms with van der Waals surface area (Å²) < 4.78 is 22.3. The average molecular weight is 249 g/mol. The number of hydrogen-bond acceptors (Lipinski definition) is 3. The monoisotopic (exact) mass is 248 g/mol. The van der Waals surface area contributed by atoms with Crippen molar-refractivity contribution >= 4 is 21.4 Å². The van der Waals surface area contributed by atoms with Crippen molar-refractivity contribution in [3.05, 3.63) is 29.8 Å². The van der Waals surface area contributed by atoms with Gasteiger partial charge in [-0.15, -0.1) is 11.6 Å². The first kappa shape index (κ1) is 12.5. The smallest absolute Gasteiger partial charge is 0.175 e. The summed E-state index contributed by atoms with van der Waals surface area (Å²) in [5.41, 5.74) is 0.683. The molecule has 0 aliphatic carbocycles. The van der Waals surface area contributed by atoms with Gasteiger partial charge in [-0.3, -0.25) is 0 Å². The Kier molecular flexibility index (Phi) is 4.13. The molecule has 0 fully saturated rings. The number of rotatable bonds is 4. The third kappa shape index (κ3) is 3.48. The van der Waals surface area contributed by atoms with E-state index in [9.17, 15) is 13.5 Å². The van der Waals surface area contributed by atoms with Crippen molar-refractivity contribution in [1.29, 1.82) is 0 Å². The van der Waals surface area contributed by atoms with Crippen LogP contribution in [-0.4, -0.2) is 25.7 Å². The second kappa shape index (κ2) is 4.96. The number of benzene rings is 1. The molecule has 1 aromatic rings. The summed E-state index contributed by atoms with van der Waals surface area (Å²) in [7, 11) is -3.17. The molecule has 0 aromatic heterocycles. The zero-order valence-corrected chi connectivity index (χ0v) is 9.92. The largest absolute Gasteiger partial charge is 0.388 e. The van der Waals surface area contributed by atoms with Crippen LogP contribution in [0.2, 0.25) is 0 Å². The Morgan fingerprint density at radius 2 is 1.87 bits per heavy atom. The molecule has 15 heavy (non-hydrogen) atoms. The van der Waals surface area contributed by atoms with E-state index in [1.54, 1.807) is 12.1 Å². The molecule has 3 nitrogen and oxygen atoms in total. The van der Waals surface area contributed by atoms with Crippen LogP contribution in [-0.2, 0) is 9.84 Å². The number of aliphatic hydroxyl groups is 1. The fourth-order valence-corrected chi connectivity index (χ4v) is 2.04. The van der Waals surface area contributed by atoms with Gasteiger partial charge in [-0.05, 0) is 24.1 Å². The van der Waals surface area contributed by atoms with Crippen molar-refractivity contribution in [3.63, 3.8) is 0 Å². The van der Waals surface area contributed by atoms with Gasteiger partial charge in [-0.1, -0.05) is 12.1 Å². The zero-order chi connectivity index (χ0) is 11.5. The number of alkyl halides is 1. The lowest BCUT2D eigenvalue weighted by molar-refractivity contribution is 0.174. The van der Waals surface area contributed by atoms with Crippen LogP contribution in [0.4, 0.5) is 0 Å². The Bertz CT molecular complexity index is 411. The summed E-state index contributed by atoms with van der Waals surface area (Å²) in [5, 5.41) is 9.58. The van der Waals surface area contributed by atoms with E-state index in [2.05, 4.69) is 0 Å². The summed E-state index contributed by atoms with van der Waals surface area (Å²) in [5.74, 6) is 0.370. The first-order valence-corrected chi connectivity index (χ1v) is 6.92. The zero-order valence-electron chi connectivity index (χ0n) is 8.35. The fraction of sp³-hybridized carbons (Fsp3) is 0.400. The van der Waals surface area contributed by atoms with E-state index >= 15 is 0 Å². The van der Waals surface area contributed by atoms with Gasteiger partial charge in [-0.25, -0.2) is 8.42 Å². The molecule has 0 amide bonds. The van der Waals surface area contributed by atoms with E-state index in [1.165, 1.54) is 12.1 Å². The number of aliphatic hydroxyl groups excluding tert-OH is 1. The van der Waals surface area contributed by atoms with Gasteiger partial charge in [0.05, 0.1) is 11.0 Å². The van der Waals surface area contributed by atoms with E-state index in [1.807, 2.05) is 0 Å². The summed E-state index contributed by atoms with van der Waals surface area (Å²) in [6.45, 7) is 0. The maximum atomic E-state index is 11.2. The second-order valence-corrected chi connectivity index (χ2v) is 5.73. The molecule has 0 saturated heterocycles. The predicted octanol–water partition coefficient (Wildman–Crippen LogP) is 1.75. The Morgan fingerprint density at radius 3 is 2.27 bits per heavy atom. The topological polar surface area (TPSA) is 54.4 Å². The lowest BCUT2D eigenvalue weighted by Crippen LogP contribution is -2.00. The van der Waals surface area contributed by atoms with Crippen molar-refractivity contribution in [2.75, 3.05) is 12.1 Å². The molecular formula is C10H13ClO3S. The summed E-state index contributed by atoms with van der Waals surface area (Å²) >= 11 is 5.49. The number of sulfone groups is 1. The number of halogens is 1. The highest BCUT2D eigenvalue weighted by molar-refractivity contribution is 7.90. The van der Waals surface area contributed by atoms with Crippen LogP contribution in [0.25, 0.3) is 0 Å². The maximum Gasteiger partial charge on any atom is 0.175 e. The van der Waals surface area contributed by atoms with Gasteiger partial charge in [0.15, 0.2) is 9.84 Å². The Balaban J connectivity index is 2.90. The lowest BCUT2D eigenvalue weighted by Gasteiger charge is -2.09. The van der Waals surface area contributed by atoms with Gasteiger partial charge in [0.1, 0.15) is 0 Å². The van der Waals surface area contributed by atoms with Crippen LogP contribution in [0.1, 0.15) is 18.1 Å². The first-order chi connectivity index (χ1) is 6.95. The molecule has 0 radical (unpaired) electrons. The quantitative estimate of drug-likeness (QED) is 0.826. The van der Waals surface area contributed by atoms with Crippen LogP contribution in [0.3, 0.4) is 0 Å². The van der Waals surface area contributed by atoms with Crippen LogP contribution >= 0.6 is 11.6 Å². The number of hydrogen-bond donors (Lipinski definition) is 1. The molecule has 1 aromatic carbocycles. The Labute approximate surface area is 94.6 Å². The van der Waals surface area contributed by atoms with Gasteiger partial charge >= 0.3 is 0 Å². The third-order valence-corrected chi connectivity index (χ3v) is 3.42. The van der Waals surface area contributed by atoms with E-state index in [0.717, 1.165) is 6.26 Å². The van der Waals surface area contributed by atoms with Crippen LogP contribution in [0.15, 0.2) is 29.2 Å². The molecule has 1 atom stereocenters. The molecule has 0 aliphatic heterocycles. The molecule has 1 rings (SSSR count). The Hall–Kier alpha value is -0.580. The molecule has 0 aliphatic rings. The van der Waals surface area contributed by atoms with Crippen molar-refractivity contribution in [2.24, 2.45) is 0 Å². The standard InChI is InChI=1S/C10H13ClO3S/c1-15(13,14)9-4-2-8(3-5-9)10(12)6-7-11/h2-5,10,12H,6-7H2,1H3. The van der Waals surface area contributed by atoms with Gasteiger partial charge in [0.25, 0.3) is 0 Å². The minimum atomic E-state index is -3.17. The molecule has 1 unspecified atom stereocenters. The van der Waals surface area contributed by atoms with Crippen molar-refractivity contribution < 1.29 is 13.5 Å². The minimum Gasteiger partial charge on any atom is -0.388 e. The van der Waals surface area contributed by atoms with E-state index in [0.29, 0.717) is 17.9 Å². The molecule has 0 heterocycles. The van der Waals surface area contributed by atoms with Gasteiger partial charge in [0, 0.05) is 12.1 Å². The van der Waals surface area contributed by atoms with Gasteiger partial charge in [-0.2, -0.15) is 0 Å². The van der Waals surface area contributed by atoms with Crippen molar-refractivity contribution in [3.8, 4) is 0 Å². The van der Waals surface area contributed by atoms with Gasteiger partial charge < -0.3 is 5.11 Å². The molecule has 0 spiro atoms. The summed E-state index contributed by atoms with van der Waals surface area (Å²) in [6, 6.07) is 6.19. The van der Waals surface area contributed by atoms with E-state index in [-0.39, 0.29) is 4.90 Å². The predicted molar refractivity (Wildman–Crippen MR) is 59.8 cm³/mol. The Morgan fingerprint density at radius 1 is 1.33 bits per heavy atom. The minimum absolute atomic E-state index is 0.254. The summed E-state index contributed by atoms with van der Waals surface area (Å²) in [4.78, 5) is 0.254. The molecular weight excluding hydrogens is 236 g/mol. The second-order valence-electron chi connectivity index (χ2n) is 3.33. The van der Waals surface area contributed by atoms with Crippen LogP contribution in [0.5, 0.6) is 0 Å². The molecule has 0 bridgehead atoms. The molecule has 0 saturated carbocycles. The molecule has 1 N–H and O–H groups in total. The van der Waals surface area contributed by atoms with Gasteiger partial charge in [0.2, 0.25) is 0 Å². The van der Waals surface area contributed by atoms with Crippen LogP contribution < -0.4 is 0 Å².